The summed E-state index contributed by atoms with van der Waals surface area (Å²) in [4.78, 5) is 0. The van der Waals surface area contributed by atoms with Crippen LogP contribution in [-0.2, 0) is 0 Å². The molecule has 0 aromatic heterocycles. The topological polar surface area (TPSA) is 0 Å². The van der Waals surface area contributed by atoms with Crippen molar-refractivity contribution in [1.29, 1.82) is 0 Å². The molecule has 0 aromatic rings. The van der Waals surface area contributed by atoms with Crippen LogP contribution in [-0.4, -0.2) is 0 Å². The minimum atomic E-state index is 0. The van der Waals surface area contributed by atoms with Crippen molar-refractivity contribution in [3.05, 3.63) is 36.5 Å². The van der Waals surface area contributed by atoms with Gasteiger partial charge in [0.05, 0.1) is 0 Å². The first kappa shape index (κ1) is 7.22. The standard InChI is InChI=1S/C8H12.H2/c1-7(2)5-6-8(3)4;/h5-6H,1,3H2,2,4H3;1H/b6-5-;. The second-order valence-electron chi connectivity index (χ2n) is 2.03. The third kappa shape index (κ3) is 5.22. The van der Waals surface area contributed by atoms with Crippen molar-refractivity contribution in [2.24, 2.45) is 0 Å². The molecule has 0 atom stereocenters. The first-order valence-electron chi connectivity index (χ1n) is 2.62. The zero-order chi connectivity index (χ0) is 6.57. The lowest BCUT2D eigenvalue weighted by molar-refractivity contribution is 1.50. The maximum absolute atomic E-state index is 3.70. The van der Waals surface area contributed by atoms with Crippen LogP contribution in [0.5, 0.6) is 0 Å². The van der Waals surface area contributed by atoms with Crippen LogP contribution < -0.4 is 0 Å². The van der Waals surface area contributed by atoms with Crippen molar-refractivity contribution in [3.63, 3.8) is 0 Å². The zero-order valence-corrected chi connectivity index (χ0v) is 5.57. The van der Waals surface area contributed by atoms with Crippen molar-refractivity contribution in [2.45, 2.75) is 13.8 Å². The van der Waals surface area contributed by atoms with Crippen molar-refractivity contribution < 1.29 is 1.43 Å². The average molecular weight is 110 g/mol. The summed E-state index contributed by atoms with van der Waals surface area (Å²) in [5.74, 6) is 0. The summed E-state index contributed by atoms with van der Waals surface area (Å²) in [6.45, 7) is 11.3. The molecule has 0 heterocycles. The molecule has 0 bridgehead atoms. The van der Waals surface area contributed by atoms with E-state index in [1.165, 1.54) is 0 Å². The molecule has 8 heavy (non-hydrogen) atoms. The Morgan fingerprint density at radius 3 is 1.50 bits per heavy atom. The van der Waals surface area contributed by atoms with Crippen LogP contribution in [0, 0.1) is 0 Å². The summed E-state index contributed by atoms with van der Waals surface area (Å²) in [5.41, 5.74) is 2.13. The number of hydrogen-bond donors (Lipinski definition) is 0. The molecular formula is C8H14. The maximum Gasteiger partial charge on any atom is 0 e. The molecule has 0 spiro atoms. The Hall–Kier alpha value is -0.780. The van der Waals surface area contributed by atoms with E-state index >= 15 is 0 Å². The van der Waals surface area contributed by atoms with Crippen LogP contribution in [0.1, 0.15) is 15.3 Å². The molecule has 0 saturated carbocycles. The van der Waals surface area contributed by atoms with Gasteiger partial charge in [-0.1, -0.05) is 36.5 Å². The SMILES string of the molecule is C=C(C)/C=C\C(=C)C.[HH]. The van der Waals surface area contributed by atoms with Crippen LogP contribution in [0.25, 0.3) is 0 Å². The van der Waals surface area contributed by atoms with Gasteiger partial charge in [0.2, 0.25) is 0 Å². The molecular weight excluding hydrogens is 96.1 g/mol. The molecule has 0 amide bonds. The van der Waals surface area contributed by atoms with Gasteiger partial charge in [0, 0.05) is 1.43 Å². The van der Waals surface area contributed by atoms with Crippen molar-refractivity contribution >= 4 is 0 Å². The van der Waals surface area contributed by atoms with E-state index in [1.54, 1.807) is 0 Å². The van der Waals surface area contributed by atoms with E-state index in [4.69, 9.17) is 0 Å². The lowest BCUT2D eigenvalue weighted by Crippen LogP contribution is -1.62. The Kier molecular flexibility index (Phi) is 2.93. The van der Waals surface area contributed by atoms with Gasteiger partial charge in [0.25, 0.3) is 0 Å². The summed E-state index contributed by atoms with van der Waals surface area (Å²) in [5, 5.41) is 0. The summed E-state index contributed by atoms with van der Waals surface area (Å²) in [6, 6.07) is 0. The quantitative estimate of drug-likeness (QED) is 0.479. The largest absolute Gasteiger partial charge is 0.0961 e. The van der Waals surface area contributed by atoms with E-state index in [9.17, 15) is 0 Å². The highest BCUT2D eigenvalue weighted by atomic mass is 13.8. The lowest BCUT2D eigenvalue weighted by Gasteiger charge is -1.84. The number of allylic oxidation sites excluding steroid dienone is 4. The summed E-state index contributed by atoms with van der Waals surface area (Å²) in [7, 11) is 0. The highest BCUT2D eigenvalue weighted by Crippen LogP contribution is 1.94. The monoisotopic (exact) mass is 110 g/mol. The van der Waals surface area contributed by atoms with E-state index in [0.717, 1.165) is 11.1 Å². The smallest absolute Gasteiger partial charge is 0 e. The Morgan fingerprint density at radius 1 is 1.12 bits per heavy atom. The molecule has 0 heteroatoms. The van der Waals surface area contributed by atoms with E-state index in [-0.39, 0.29) is 1.43 Å². The zero-order valence-electron chi connectivity index (χ0n) is 5.57. The highest BCUT2D eigenvalue weighted by Gasteiger charge is 1.72. The minimum Gasteiger partial charge on any atom is -0.0961 e. The van der Waals surface area contributed by atoms with E-state index < -0.39 is 0 Å². The van der Waals surface area contributed by atoms with Gasteiger partial charge in [-0.25, -0.2) is 0 Å². The predicted octanol–water partition coefficient (Wildman–Crippen LogP) is 2.94. The van der Waals surface area contributed by atoms with Crippen LogP contribution in [0.2, 0.25) is 0 Å². The van der Waals surface area contributed by atoms with Gasteiger partial charge < -0.3 is 0 Å². The number of hydrogen-bond acceptors (Lipinski definition) is 0. The third-order valence-corrected chi connectivity index (χ3v) is 0.652. The molecule has 0 fully saturated rings. The van der Waals surface area contributed by atoms with Crippen LogP contribution in [0.15, 0.2) is 36.5 Å². The van der Waals surface area contributed by atoms with Gasteiger partial charge in [0.15, 0.2) is 0 Å². The molecule has 0 nitrogen and oxygen atoms in total. The summed E-state index contributed by atoms with van der Waals surface area (Å²) >= 11 is 0. The molecule has 0 radical (unpaired) electrons. The Labute approximate surface area is 52.7 Å². The lowest BCUT2D eigenvalue weighted by atomic mass is 10.2. The first-order chi connectivity index (χ1) is 3.63. The molecule has 0 aromatic carbocycles. The van der Waals surface area contributed by atoms with Crippen LogP contribution in [0.4, 0.5) is 0 Å². The Balaban J connectivity index is 0. The van der Waals surface area contributed by atoms with Gasteiger partial charge in [0.1, 0.15) is 0 Å². The molecule has 0 aliphatic carbocycles. The molecule has 46 valence electrons. The second kappa shape index (κ2) is 3.25. The van der Waals surface area contributed by atoms with Crippen molar-refractivity contribution in [2.75, 3.05) is 0 Å². The summed E-state index contributed by atoms with van der Waals surface area (Å²) in [6.07, 6.45) is 3.89. The molecule has 0 N–H and O–H groups in total. The van der Waals surface area contributed by atoms with Gasteiger partial charge in [-0.15, -0.1) is 0 Å². The van der Waals surface area contributed by atoms with Crippen LogP contribution in [0.3, 0.4) is 0 Å². The number of rotatable bonds is 2. The maximum atomic E-state index is 3.70. The van der Waals surface area contributed by atoms with E-state index in [0.29, 0.717) is 0 Å². The van der Waals surface area contributed by atoms with Gasteiger partial charge in [-0.2, -0.15) is 0 Å². The normalized spacial score (nSPS) is 9.75. The predicted molar refractivity (Wildman–Crippen MR) is 40.9 cm³/mol. The second-order valence-corrected chi connectivity index (χ2v) is 2.03. The average Bonchev–Trinajstić information content (AvgIpc) is 1.61. The fourth-order valence-electron chi connectivity index (χ4n) is 0.285. The fourth-order valence-corrected chi connectivity index (χ4v) is 0.285. The van der Waals surface area contributed by atoms with Crippen LogP contribution >= 0.6 is 0 Å². The van der Waals surface area contributed by atoms with Gasteiger partial charge in [-0.05, 0) is 13.8 Å². The molecule has 0 aliphatic heterocycles. The first-order valence-corrected chi connectivity index (χ1v) is 2.62. The third-order valence-electron chi connectivity index (χ3n) is 0.652. The Bertz CT molecular complexity index is 116. The molecule has 0 unspecified atom stereocenters. The molecule has 0 aliphatic rings. The fraction of sp³-hybridized carbons (Fsp3) is 0.250. The van der Waals surface area contributed by atoms with Gasteiger partial charge >= 0.3 is 0 Å². The van der Waals surface area contributed by atoms with E-state index in [2.05, 4.69) is 13.2 Å². The van der Waals surface area contributed by atoms with Gasteiger partial charge in [-0.3, -0.25) is 0 Å². The molecule has 0 rings (SSSR count). The Morgan fingerprint density at radius 2 is 1.38 bits per heavy atom. The van der Waals surface area contributed by atoms with Crippen molar-refractivity contribution in [3.8, 4) is 0 Å². The molecule has 0 saturated heterocycles. The highest BCUT2D eigenvalue weighted by molar-refractivity contribution is 5.20. The minimum absolute atomic E-state index is 0. The van der Waals surface area contributed by atoms with Crippen molar-refractivity contribution in [1.82, 2.24) is 0 Å². The summed E-state index contributed by atoms with van der Waals surface area (Å²) < 4.78 is 0. The van der Waals surface area contributed by atoms with E-state index in [1.807, 2.05) is 26.0 Å².